The Morgan fingerprint density at radius 1 is 1.11 bits per heavy atom. The van der Waals surface area contributed by atoms with Gasteiger partial charge in [0.1, 0.15) is 11.4 Å². The highest BCUT2D eigenvalue weighted by Gasteiger charge is 2.19. The van der Waals surface area contributed by atoms with Crippen LogP contribution in [0.3, 0.4) is 0 Å². The molecule has 3 rings (SSSR count). The number of benzene rings is 1. The second-order valence-electron chi connectivity index (χ2n) is 10.9. The standard InChI is InChI=1S/C28H42N6O.CHN/c1-18(2)25(32-17-23(29)28(3,4)5)19-11-13-21(14-12-19)34-26(30)24-22(15-16-31-27(24)35)33-20-9-7-6-8-10-20;1-2/h11-18,20,25,32H,6-10,29H2,1-5H3,(H2,30,34)(H2,31,33,35);1H/b23-17-;. The van der Waals surface area contributed by atoms with Crippen LogP contribution in [0.2, 0.25) is 0 Å². The average molecular weight is 506 g/mol. The van der Waals surface area contributed by atoms with Crippen LogP contribution in [0.1, 0.15) is 83.9 Å². The number of nitriles is 1. The number of hydrogen-bond acceptors (Lipinski definition) is 6. The minimum Gasteiger partial charge on any atom is -0.400 e. The summed E-state index contributed by atoms with van der Waals surface area (Å²) in [4.78, 5) is 20.0. The maximum atomic E-state index is 12.6. The van der Waals surface area contributed by atoms with Crippen LogP contribution in [0.15, 0.2) is 58.2 Å². The molecular weight excluding hydrogens is 462 g/mol. The predicted octanol–water partition coefficient (Wildman–Crippen LogP) is 5.43. The Labute approximate surface area is 221 Å². The molecule has 1 aromatic heterocycles. The molecule has 0 radical (unpaired) electrons. The van der Waals surface area contributed by atoms with E-state index in [1.54, 1.807) is 6.20 Å². The van der Waals surface area contributed by atoms with Gasteiger partial charge in [-0.3, -0.25) is 4.79 Å². The normalized spacial score (nSPS) is 16.0. The van der Waals surface area contributed by atoms with Crippen molar-refractivity contribution in [3.8, 4) is 6.57 Å². The monoisotopic (exact) mass is 505 g/mol. The Hall–Kier alpha value is -3.73. The van der Waals surface area contributed by atoms with Crippen molar-refractivity contribution in [3.63, 3.8) is 0 Å². The molecule has 1 fully saturated rings. The number of nitrogens with zero attached hydrogens (tertiary/aromatic N) is 2. The summed E-state index contributed by atoms with van der Waals surface area (Å²) in [5.74, 6) is 0.562. The van der Waals surface area contributed by atoms with Gasteiger partial charge in [0.25, 0.3) is 5.56 Å². The molecule has 1 unspecified atom stereocenters. The molecule has 8 heteroatoms. The van der Waals surface area contributed by atoms with Crippen LogP contribution in [-0.2, 0) is 0 Å². The molecule has 1 atom stereocenters. The molecule has 1 heterocycles. The van der Waals surface area contributed by atoms with Crippen molar-refractivity contribution < 1.29 is 0 Å². The van der Waals surface area contributed by atoms with E-state index in [1.807, 2.05) is 36.5 Å². The first-order valence-electron chi connectivity index (χ1n) is 13.0. The number of allylic oxidation sites excluding steroid dienone is 1. The van der Waals surface area contributed by atoms with Crippen molar-refractivity contribution in [1.82, 2.24) is 10.3 Å². The zero-order valence-corrected chi connectivity index (χ0v) is 22.8. The van der Waals surface area contributed by atoms with Gasteiger partial charge < -0.3 is 27.1 Å². The highest BCUT2D eigenvalue weighted by atomic mass is 16.1. The third kappa shape index (κ3) is 8.42. The largest absolute Gasteiger partial charge is 0.400 e. The first-order valence-corrected chi connectivity index (χ1v) is 13.0. The summed E-state index contributed by atoms with van der Waals surface area (Å²) in [5.41, 5.74) is 16.0. The van der Waals surface area contributed by atoms with Crippen molar-refractivity contribution in [2.45, 2.75) is 78.8 Å². The molecule has 1 aliphatic carbocycles. The smallest absolute Gasteiger partial charge is 0.261 e. The third-order valence-electron chi connectivity index (χ3n) is 6.63. The number of nitrogens with two attached hydrogens (primary N) is 2. The van der Waals surface area contributed by atoms with Gasteiger partial charge in [0.2, 0.25) is 0 Å². The van der Waals surface area contributed by atoms with E-state index in [4.69, 9.17) is 16.7 Å². The van der Waals surface area contributed by atoms with Crippen LogP contribution in [0, 0.1) is 23.2 Å². The average Bonchev–Trinajstić information content (AvgIpc) is 2.86. The van der Waals surface area contributed by atoms with Gasteiger partial charge in [-0.1, -0.05) is 66.0 Å². The van der Waals surface area contributed by atoms with Crippen LogP contribution < -0.4 is 27.7 Å². The number of amidine groups is 1. The van der Waals surface area contributed by atoms with Crippen molar-refractivity contribution in [1.29, 1.82) is 5.26 Å². The van der Waals surface area contributed by atoms with Crippen molar-refractivity contribution in [2.75, 3.05) is 5.32 Å². The Bertz CT molecular complexity index is 1130. The topological polar surface area (TPSA) is 145 Å². The Kier molecular flexibility index (Phi) is 10.8. The Morgan fingerprint density at radius 3 is 2.30 bits per heavy atom. The lowest BCUT2D eigenvalue weighted by Crippen LogP contribution is -2.29. The summed E-state index contributed by atoms with van der Waals surface area (Å²) in [6.07, 6.45) is 9.45. The summed E-state index contributed by atoms with van der Waals surface area (Å²) in [5, 5.41) is 13.5. The van der Waals surface area contributed by atoms with E-state index in [2.05, 4.69) is 61.8 Å². The van der Waals surface area contributed by atoms with E-state index in [0.29, 0.717) is 23.2 Å². The molecular formula is C29H43N7O. The number of H-pyrrole nitrogens is 1. The zero-order valence-electron chi connectivity index (χ0n) is 22.8. The van der Waals surface area contributed by atoms with Gasteiger partial charge in [-0.05, 0) is 42.5 Å². The fourth-order valence-electron chi connectivity index (χ4n) is 4.34. The van der Waals surface area contributed by atoms with E-state index >= 15 is 0 Å². The minimum atomic E-state index is -0.240. The zero-order chi connectivity index (χ0) is 27.6. The SMILES string of the molecule is C#N.CC(C)C(N/C=C(\N)C(C)(C)C)c1ccc(N=C(N)c2c(NC3CCCCC3)cc[nH]c2=O)cc1. The maximum Gasteiger partial charge on any atom is 0.261 e. The van der Waals surface area contributed by atoms with Crippen LogP contribution in [0.4, 0.5) is 11.4 Å². The van der Waals surface area contributed by atoms with E-state index in [0.717, 1.165) is 29.8 Å². The Balaban J connectivity index is 0.00000235. The quantitative estimate of drug-likeness (QED) is 0.239. The fraction of sp³-hybridized carbons (Fsp3) is 0.483. The highest BCUT2D eigenvalue weighted by Crippen LogP contribution is 2.27. The number of pyridine rings is 1. The predicted molar refractivity (Wildman–Crippen MR) is 153 cm³/mol. The lowest BCUT2D eigenvalue weighted by atomic mass is 9.92. The molecule has 2 aromatic rings. The summed E-state index contributed by atoms with van der Waals surface area (Å²) in [6, 6.07) is 10.3. The number of hydrogen-bond donors (Lipinski definition) is 5. The van der Waals surface area contributed by atoms with Gasteiger partial charge in [0.15, 0.2) is 0 Å². The molecule has 1 aliphatic rings. The van der Waals surface area contributed by atoms with Crippen molar-refractivity contribution >= 4 is 17.2 Å². The summed E-state index contributed by atoms with van der Waals surface area (Å²) >= 11 is 0. The summed E-state index contributed by atoms with van der Waals surface area (Å²) in [7, 11) is 0. The van der Waals surface area contributed by atoms with Crippen molar-refractivity contribution in [3.05, 3.63) is 69.9 Å². The van der Waals surface area contributed by atoms with E-state index in [9.17, 15) is 4.79 Å². The van der Waals surface area contributed by atoms with Gasteiger partial charge in [0.05, 0.1) is 17.4 Å². The van der Waals surface area contributed by atoms with Crippen molar-refractivity contribution in [2.24, 2.45) is 27.8 Å². The lowest BCUT2D eigenvalue weighted by molar-refractivity contribution is 0.443. The van der Waals surface area contributed by atoms with Gasteiger partial charge >= 0.3 is 0 Å². The second kappa shape index (κ2) is 13.5. The number of nitrogens with one attached hydrogen (secondary N) is 3. The molecule has 0 amide bonds. The summed E-state index contributed by atoms with van der Waals surface area (Å²) < 4.78 is 0. The van der Waals surface area contributed by atoms with Gasteiger partial charge in [-0.15, -0.1) is 0 Å². The molecule has 7 N–H and O–H groups in total. The number of aromatic nitrogens is 1. The summed E-state index contributed by atoms with van der Waals surface area (Å²) in [6.45, 7) is 14.1. The van der Waals surface area contributed by atoms with E-state index in [1.165, 1.54) is 19.3 Å². The maximum absolute atomic E-state index is 12.6. The molecule has 200 valence electrons. The van der Waals surface area contributed by atoms with Gasteiger partial charge in [-0.2, -0.15) is 0 Å². The minimum absolute atomic E-state index is 0.0927. The first-order chi connectivity index (χ1) is 17.6. The van der Waals surface area contributed by atoms with Crippen LogP contribution >= 0.6 is 0 Å². The molecule has 0 spiro atoms. The van der Waals surface area contributed by atoms with Crippen LogP contribution in [0.25, 0.3) is 0 Å². The molecule has 1 aromatic carbocycles. The number of anilines is 1. The second-order valence-corrected chi connectivity index (χ2v) is 10.9. The molecule has 1 saturated carbocycles. The number of aliphatic imine (C=N–C) groups is 1. The first kappa shape index (κ1) is 29.5. The highest BCUT2D eigenvalue weighted by molar-refractivity contribution is 6.03. The lowest BCUT2D eigenvalue weighted by Gasteiger charge is -2.25. The fourth-order valence-corrected chi connectivity index (χ4v) is 4.34. The Morgan fingerprint density at radius 2 is 1.73 bits per heavy atom. The molecule has 0 aliphatic heterocycles. The third-order valence-corrected chi connectivity index (χ3v) is 6.63. The molecule has 0 bridgehead atoms. The molecule has 0 saturated heterocycles. The molecule has 37 heavy (non-hydrogen) atoms. The van der Waals surface area contributed by atoms with E-state index < -0.39 is 0 Å². The van der Waals surface area contributed by atoms with Crippen LogP contribution in [-0.4, -0.2) is 16.9 Å². The number of rotatable bonds is 8. The van der Waals surface area contributed by atoms with Gasteiger partial charge in [-0.25, -0.2) is 10.3 Å². The number of aromatic amines is 1. The van der Waals surface area contributed by atoms with Gasteiger partial charge in [0, 0.05) is 36.1 Å². The molecule has 8 nitrogen and oxygen atoms in total. The van der Waals surface area contributed by atoms with E-state index in [-0.39, 0.29) is 22.9 Å². The van der Waals surface area contributed by atoms with Crippen LogP contribution in [0.5, 0.6) is 0 Å².